The van der Waals surface area contributed by atoms with Crippen LogP contribution >= 0.6 is 0 Å². The van der Waals surface area contributed by atoms with Crippen LogP contribution < -0.4 is 5.73 Å². The average molecular weight is 142 g/mol. The average Bonchev–Trinajstić information content (AvgIpc) is 2.11. The van der Waals surface area contributed by atoms with E-state index in [9.17, 15) is 5.11 Å². The van der Waals surface area contributed by atoms with Crippen molar-refractivity contribution < 1.29 is 9.63 Å². The van der Waals surface area contributed by atoms with E-state index in [0.29, 0.717) is 5.69 Å². The molecular weight excluding hydrogens is 132 g/mol. The molecule has 0 spiro atoms. The van der Waals surface area contributed by atoms with Crippen molar-refractivity contribution in [2.45, 2.75) is 19.4 Å². The first-order valence-corrected chi connectivity index (χ1v) is 2.95. The summed E-state index contributed by atoms with van der Waals surface area (Å²) in [6.07, 6.45) is 0. The van der Waals surface area contributed by atoms with Crippen molar-refractivity contribution in [1.29, 1.82) is 0 Å². The molecule has 0 saturated carbocycles. The Balaban J connectivity index is 2.96. The highest BCUT2D eigenvalue weighted by atomic mass is 16.5. The van der Waals surface area contributed by atoms with Gasteiger partial charge in [0.25, 0.3) is 0 Å². The summed E-state index contributed by atoms with van der Waals surface area (Å²) in [5.41, 5.74) is 4.71. The van der Waals surface area contributed by atoms with Crippen molar-refractivity contribution in [1.82, 2.24) is 5.16 Å². The van der Waals surface area contributed by atoms with E-state index in [1.807, 2.05) is 0 Å². The number of aromatic nitrogens is 1. The highest BCUT2D eigenvalue weighted by Crippen LogP contribution is 2.19. The first-order valence-electron chi connectivity index (χ1n) is 2.95. The van der Waals surface area contributed by atoms with Gasteiger partial charge in [-0.05, 0) is 13.8 Å². The van der Waals surface area contributed by atoms with Crippen LogP contribution in [0, 0.1) is 0 Å². The van der Waals surface area contributed by atoms with E-state index in [1.165, 1.54) is 6.07 Å². The van der Waals surface area contributed by atoms with E-state index >= 15 is 0 Å². The number of nitrogens with zero attached hydrogens (tertiary/aromatic N) is 1. The Morgan fingerprint density at radius 1 is 1.70 bits per heavy atom. The van der Waals surface area contributed by atoms with Gasteiger partial charge in [-0.1, -0.05) is 5.16 Å². The van der Waals surface area contributed by atoms with Gasteiger partial charge < -0.3 is 15.4 Å². The second-order valence-corrected chi connectivity index (χ2v) is 2.67. The monoisotopic (exact) mass is 142 g/mol. The van der Waals surface area contributed by atoms with Crippen molar-refractivity contribution in [3.8, 4) is 0 Å². The van der Waals surface area contributed by atoms with Gasteiger partial charge in [0.05, 0.1) is 0 Å². The predicted molar refractivity (Wildman–Crippen MR) is 36.2 cm³/mol. The molecule has 0 fully saturated rings. The fourth-order valence-corrected chi connectivity index (χ4v) is 0.578. The van der Waals surface area contributed by atoms with Gasteiger partial charge in [-0.15, -0.1) is 0 Å². The van der Waals surface area contributed by atoms with Crippen LogP contribution in [0.2, 0.25) is 0 Å². The zero-order valence-electron chi connectivity index (χ0n) is 5.96. The highest BCUT2D eigenvalue weighted by molar-refractivity contribution is 5.26. The van der Waals surface area contributed by atoms with Crippen LogP contribution in [0.1, 0.15) is 19.5 Å². The van der Waals surface area contributed by atoms with E-state index in [-0.39, 0.29) is 5.88 Å². The zero-order chi connectivity index (χ0) is 7.78. The summed E-state index contributed by atoms with van der Waals surface area (Å²) in [5, 5.41) is 12.9. The molecule has 0 atom stereocenters. The Bertz CT molecular complexity index is 224. The number of aliphatic hydroxyl groups is 1. The smallest absolute Gasteiger partial charge is 0.222 e. The molecule has 0 unspecified atom stereocenters. The van der Waals surface area contributed by atoms with Gasteiger partial charge in [0, 0.05) is 6.07 Å². The molecule has 0 aromatic carbocycles. The molecule has 1 aromatic rings. The lowest BCUT2D eigenvalue weighted by Crippen LogP contribution is -2.15. The molecule has 0 aliphatic heterocycles. The van der Waals surface area contributed by atoms with Crippen LogP contribution in [0.4, 0.5) is 5.88 Å². The fraction of sp³-hybridized carbons (Fsp3) is 0.500. The van der Waals surface area contributed by atoms with Crippen molar-refractivity contribution in [3.63, 3.8) is 0 Å². The molecule has 56 valence electrons. The van der Waals surface area contributed by atoms with Gasteiger partial charge >= 0.3 is 0 Å². The summed E-state index contributed by atoms with van der Waals surface area (Å²) in [4.78, 5) is 0. The first kappa shape index (κ1) is 7.08. The van der Waals surface area contributed by atoms with Gasteiger partial charge in [-0.25, -0.2) is 0 Å². The lowest BCUT2D eigenvalue weighted by Gasteiger charge is -2.11. The third-order valence-electron chi connectivity index (χ3n) is 1.16. The van der Waals surface area contributed by atoms with E-state index < -0.39 is 5.60 Å². The molecule has 4 nitrogen and oxygen atoms in total. The molecule has 0 aliphatic carbocycles. The third-order valence-corrected chi connectivity index (χ3v) is 1.16. The number of anilines is 1. The Morgan fingerprint density at radius 3 is 2.50 bits per heavy atom. The Labute approximate surface area is 58.6 Å². The SMILES string of the molecule is CC(C)(O)c1cc(N)on1. The van der Waals surface area contributed by atoms with Crippen molar-refractivity contribution in [3.05, 3.63) is 11.8 Å². The molecule has 0 bridgehead atoms. The minimum Gasteiger partial charge on any atom is -0.384 e. The van der Waals surface area contributed by atoms with E-state index in [1.54, 1.807) is 13.8 Å². The van der Waals surface area contributed by atoms with Crippen LogP contribution in [-0.4, -0.2) is 10.3 Å². The Hall–Kier alpha value is -1.03. The summed E-state index contributed by atoms with van der Waals surface area (Å²) >= 11 is 0. The van der Waals surface area contributed by atoms with Crippen molar-refractivity contribution in [2.24, 2.45) is 0 Å². The summed E-state index contributed by atoms with van der Waals surface area (Å²) in [6.45, 7) is 3.23. The topological polar surface area (TPSA) is 72.3 Å². The van der Waals surface area contributed by atoms with Crippen LogP contribution in [0.15, 0.2) is 10.6 Å². The maximum Gasteiger partial charge on any atom is 0.222 e. The van der Waals surface area contributed by atoms with Gasteiger partial charge in [0.15, 0.2) is 0 Å². The molecule has 0 radical (unpaired) electrons. The van der Waals surface area contributed by atoms with Crippen molar-refractivity contribution in [2.75, 3.05) is 5.73 Å². The highest BCUT2D eigenvalue weighted by Gasteiger charge is 2.19. The normalized spacial score (nSPS) is 11.9. The molecule has 0 aliphatic rings. The molecule has 3 N–H and O–H groups in total. The van der Waals surface area contributed by atoms with Gasteiger partial charge in [0.2, 0.25) is 5.88 Å². The van der Waals surface area contributed by atoms with Crippen molar-refractivity contribution >= 4 is 5.88 Å². The van der Waals surface area contributed by atoms with Crippen LogP contribution in [0.25, 0.3) is 0 Å². The largest absolute Gasteiger partial charge is 0.384 e. The Kier molecular flexibility index (Phi) is 1.40. The predicted octanol–water partition coefficient (Wildman–Crippen LogP) is 0.484. The van der Waals surface area contributed by atoms with Crippen LogP contribution in [0.5, 0.6) is 0 Å². The van der Waals surface area contributed by atoms with E-state index in [4.69, 9.17) is 5.73 Å². The lowest BCUT2D eigenvalue weighted by molar-refractivity contribution is 0.0702. The summed E-state index contributed by atoms with van der Waals surface area (Å²) in [5.74, 6) is 0.220. The third kappa shape index (κ3) is 1.27. The van der Waals surface area contributed by atoms with Crippen LogP contribution in [0.3, 0.4) is 0 Å². The first-order chi connectivity index (χ1) is 4.50. The molecule has 4 heteroatoms. The van der Waals surface area contributed by atoms with E-state index in [0.717, 1.165) is 0 Å². The summed E-state index contributed by atoms with van der Waals surface area (Å²) in [6, 6.07) is 1.50. The summed E-state index contributed by atoms with van der Waals surface area (Å²) < 4.78 is 4.56. The minimum atomic E-state index is -0.971. The molecule has 1 rings (SSSR count). The molecular formula is C6H10N2O2. The fourth-order valence-electron chi connectivity index (χ4n) is 0.578. The maximum absolute atomic E-state index is 9.32. The second kappa shape index (κ2) is 1.98. The number of hydrogen-bond acceptors (Lipinski definition) is 4. The standard InChI is InChI=1S/C6H10N2O2/c1-6(2,9)4-3-5(7)10-8-4/h3,9H,7H2,1-2H3. The number of nitrogens with two attached hydrogens (primary N) is 1. The lowest BCUT2D eigenvalue weighted by atomic mass is 10.1. The van der Waals surface area contributed by atoms with E-state index in [2.05, 4.69) is 9.68 Å². The zero-order valence-corrected chi connectivity index (χ0v) is 5.96. The molecule has 1 heterocycles. The van der Waals surface area contributed by atoms with Crippen LogP contribution in [-0.2, 0) is 5.60 Å². The molecule has 0 amide bonds. The maximum atomic E-state index is 9.32. The molecule has 0 saturated heterocycles. The van der Waals surface area contributed by atoms with Gasteiger partial charge in [-0.3, -0.25) is 0 Å². The number of nitrogen functional groups attached to an aromatic ring is 1. The number of rotatable bonds is 1. The number of hydrogen-bond donors (Lipinski definition) is 2. The molecule has 10 heavy (non-hydrogen) atoms. The van der Waals surface area contributed by atoms with Gasteiger partial charge in [0.1, 0.15) is 11.3 Å². The quantitative estimate of drug-likeness (QED) is 0.598. The van der Waals surface area contributed by atoms with Gasteiger partial charge in [-0.2, -0.15) is 0 Å². The molecule has 1 aromatic heterocycles. The minimum absolute atomic E-state index is 0.220. The summed E-state index contributed by atoms with van der Waals surface area (Å²) in [7, 11) is 0. The second-order valence-electron chi connectivity index (χ2n) is 2.67. The Morgan fingerprint density at radius 2 is 2.30 bits per heavy atom.